The van der Waals surface area contributed by atoms with Crippen molar-refractivity contribution in [1.29, 1.82) is 0 Å². The summed E-state index contributed by atoms with van der Waals surface area (Å²) in [6, 6.07) is 10.0. The zero-order valence-corrected chi connectivity index (χ0v) is 12.6. The fourth-order valence-corrected chi connectivity index (χ4v) is 2.11. The summed E-state index contributed by atoms with van der Waals surface area (Å²) in [5.74, 6) is 0.922. The number of benzene rings is 1. The van der Waals surface area contributed by atoms with Crippen LogP contribution in [-0.4, -0.2) is 29.6 Å². The second kappa shape index (κ2) is 6.55. The van der Waals surface area contributed by atoms with Gasteiger partial charge < -0.3 is 4.98 Å². The average molecular weight is 337 g/mol. The molecule has 0 aliphatic rings. The second-order valence-corrected chi connectivity index (χ2v) is 4.78. The number of hydrogen-bond acceptors (Lipinski definition) is 4. The van der Waals surface area contributed by atoms with E-state index in [-0.39, 0.29) is 11.2 Å². The van der Waals surface area contributed by atoms with Crippen LogP contribution >= 0.6 is 0 Å². The van der Waals surface area contributed by atoms with Crippen LogP contribution in [0.15, 0.2) is 57.1 Å². The number of imidazole rings is 2. The van der Waals surface area contributed by atoms with E-state index in [9.17, 15) is 14.4 Å². The lowest BCUT2D eigenvalue weighted by Crippen LogP contribution is -2.30. The van der Waals surface area contributed by atoms with Crippen molar-refractivity contribution < 1.29 is 0 Å². The van der Waals surface area contributed by atoms with Crippen LogP contribution in [0.4, 0.5) is 0 Å². The van der Waals surface area contributed by atoms with Crippen LogP contribution in [0, 0.1) is 6.57 Å². The summed E-state index contributed by atoms with van der Waals surface area (Å²) in [4.78, 5) is 49.6. The van der Waals surface area contributed by atoms with Crippen LogP contribution in [0.2, 0.25) is 0 Å². The standard InChI is InChI=1S/C9H8N2.C6H3N5O3/c1-2-4-8(5-3-1)9-10-6-7-11-9;1-7-11-4(12)2-3(10-6(11)14)9-5(13)8-2/h1-7H,(H,10,11);(H,10,14)(H2,8,9,13). The Morgan fingerprint density at radius 1 is 1.04 bits per heavy atom. The minimum atomic E-state index is -0.882. The van der Waals surface area contributed by atoms with Gasteiger partial charge in [-0.05, 0) is 0 Å². The molecule has 25 heavy (non-hydrogen) atoms. The molecule has 0 amide bonds. The van der Waals surface area contributed by atoms with Gasteiger partial charge in [0.1, 0.15) is 11.5 Å². The van der Waals surface area contributed by atoms with Gasteiger partial charge >= 0.3 is 16.9 Å². The molecule has 0 atom stereocenters. The van der Waals surface area contributed by atoms with E-state index in [1.165, 1.54) is 0 Å². The molecule has 0 unspecified atom stereocenters. The maximum absolute atomic E-state index is 11.3. The zero-order chi connectivity index (χ0) is 17.8. The third-order valence-electron chi connectivity index (χ3n) is 3.20. The molecule has 10 heteroatoms. The van der Waals surface area contributed by atoms with E-state index in [0.29, 0.717) is 4.68 Å². The molecular weight excluding hydrogens is 326 g/mol. The first-order valence-electron chi connectivity index (χ1n) is 7.00. The summed E-state index contributed by atoms with van der Waals surface area (Å²) in [7, 11) is 0. The Balaban J connectivity index is 0.000000150. The fourth-order valence-electron chi connectivity index (χ4n) is 2.11. The van der Waals surface area contributed by atoms with E-state index < -0.39 is 16.9 Å². The molecule has 124 valence electrons. The van der Waals surface area contributed by atoms with Crippen molar-refractivity contribution in [1.82, 2.24) is 29.6 Å². The van der Waals surface area contributed by atoms with Crippen molar-refractivity contribution >= 4 is 11.2 Å². The number of hydrogen-bond donors (Lipinski definition) is 4. The first kappa shape index (κ1) is 15.8. The number of nitrogens with one attached hydrogen (secondary N) is 4. The van der Waals surface area contributed by atoms with Crippen molar-refractivity contribution in [2.75, 3.05) is 0 Å². The maximum Gasteiger partial charge on any atom is 0.398 e. The van der Waals surface area contributed by atoms with Crippen LogP contribution in [-0.2, 0) is 0 Å². The average Bonchev–Trinajstić information content (AvgIpc) is 3.26. The SMILES string of the molecule is [C-]#[N+]n1c(=O)[nH]c2[nH]c(=O)[nH]c2c1=O.c1ccc(-c2ncc[nH]2)cc1. The van der Waals surface area contributed by atoms with E-state index in [1.807, 2.05) is 36.5 Å². The molecule has 0 aliphatic heterocycles. The molecule has 3 heterocycles. The monoisotopic (exact) mass is 337 g/mol. The van der Waals surface area contributed by atoms with Gasteiger partial charge in [0.05, 0.1) is 4.68 Å². The van der Waals surface area contributed by atoms with Gasteiger partial charge in [-0.15, -0.1) is 4.95 Å². The molecule has 4 rings (SSSR count). The Bertz CT molecular complexity index is 1200. The molecule has 3 aromatic heterocycles. The molecule has 10 nitrogen and oxygen atoms in total. The van der Waals surface area contributed by atoms with Gasteiger partial charge in [-0.2, -0.15) is 6.57 Å². The third kappa shape index (κ3) is 3.15. The third-order valence-corrected chi connectivity index (χ3v) is 3.20. The Labute approximate surface area is 138 Å². The highest BCUT2D eigenvalue weighted by Gasteiger charge is 2.12. The van der Waals surface area contributed by atoms with Crippen LogP contribution in [0.3, 0.4) is 0 Å². The van der Waals surface area contributed by atoms with Gasteiger partial charge in [0.15, 0.2) is 5.52 Å². The Morgan fingerprint density at radius 3 is 2.44 bits per heavy atom. The zero-order valence-electron chi connectivity index (χ0n) is 12.6. The minimum Gasteiger partial charge on any atom is -0.345 e. The first-order chi connectivity index (χ1) is 12.1. The lowest BCUT2D eigenvalue weighted by atomic mass is 10.2. The molecular formula is C15H11N7O3. The van der Waals surface area contributed by atoms with Crippen LogP contribution in [0.5, 0.6) is 0 Å². The predicted octanol–water partition coefficient (Wildman–Crippen LogP) is 0.465. The quantitative estimate of drug-likeness (QED) is 0.375. The molecule has 4 aromatic rings. The first-order valence-corrected chi connectivity index (χ1v) is 7.00. The summed E-state index contributed by atoms with van der Waals surface area (Å²) in [5.41, 5.74) is -1.35. The highest BCUT2D eigenvalue weighted by molar-refractivity contribution is 5.67. The summed E-state index contributed by atoms with van der Waals surface area (Å²) in [5, 5.41) is 0. The van der Waals surface area contributed by atoms with E-state index in [1.54, 1.807) is 6.20 Å². The van der Waals surface area contributed by atoms with E-state index in [2.05, 4.69) is 29.9 Å². The van der Waals surface area contributed by atoms with Gasteiger partial charge in [-0.25, -0.2) is 14.6 Å². The normalized spacial score (nSPS) is 10.0. The number of aromatic amines is 4. The molecule has 0 spiro atoms. The van der Waals surface area contributed by atoms with E-state index >= 15 is 0 Å². The Morgan fingerprint density at radius 2 is 1.80 bits per heavy atom. The van der Waals surface area contributed by atoms with Gasteiger partial charge in [0.25, 0.3) is 0 Å². The molecule has 0 saturated carbocycles. The molecule has 4 N–H and O–H groups in total. The highest BCUT2D eigenvalue weighted by atomic mass is 16.2. The lowest BCUT2D eigenvalue weighted by molar-refractivity contribution is 0.891. The summed E-state index contributed by atoms with van der Waals surface area (Å²) >= 11 is 0. The molecule has 0 aliphatic carbocycles. The number of aromatic nitrogens is 6. The Hall–Kier alpha value is -4.13. The Kier molecular flexibility index (Phi) is 4.13. The van der Waals surface area contributed by atoms with Crippen molar-refractivity contribution in [3.05, 3.63) is 85.6 Å². The van der Waals surface area contributed by atoms with Crippen molar-refractivity contribution in [2.45, 2.75) is 0 Å². The van der Waals surface area contributed by atoms with Gasteiger partial charge in [-0.3, -0.25) is 19.7 Å². The van der Waals surface area contributed by atoms with Crippen LogP contribution in [0.25, 0.3) is 27.5 Å². The van der Waals surface area contributed by atoms with Crippen molar-refractivity contribution in [3.63, 3.8) is 0 Å². The highest BCUT2D eigenvalue weighted by Crippen LogP contribution is 2.11. The number of rotatable bonds is 1. The van der Waals surface area contributed by atoms with E-state index in [4.69, 9.17) is 6.57 Å². The minimum absolute atomic E-state index is 0.00935. The number of fused-ring (bicyclic) bond motifs is 1. The molecule has 0 saturated heterocycles. The molecule has 0 radical (unpaired) electrons. The second-order valence-electron chi connectivity index (χ2n) is 4.78. The van der Waals surface area contributed by atoms with Gasteiger partial charge in [-0.1, -0.05) is 30.3 Å². The fraction of sp³-hybridized carbons (Fsp3) is 0. The summed E-state index contributed by atoms with van der Waals surface area (Å²) in [6.45, 7) is 6.57. The molecule has 0 bridgehead atoms. The lowest BCUT2D eigenvalue weighted by Gasteiger charge is -1.92. The topological polar surface area (TPSA) is 137 Å². The van der Waals surface area contributed by atoms with Crippen molar-refractivity contribution in [3.8, 4) is 11.4 Å². The molecule has 1 aromatic carbocycles. The maximum atomic E-state index is 11.3. The smallest absolute Gasteiger partial charge is 0.345 e. The van der Waals surface area contributed by atoms with E-state index in [0.717, 1.165) is 11.4 Å². The largest absolute Gasteiger partial charge is 0.398 e. The summed E-state index contributed by atoms with van der Waals surface area (Å²) in [6.07, 6.45) is 3.57. The number of nitrogens with zero attached hydrogens (tertiary/aromatic N) is 3. The van der Waals surface area contributed by atoms with Crippen molar-refractivity contribution in [2.24, 2.45) is 0 Å². The van der Waals surface area contributed by atoms with Gasteiger partial charge in [0, 0.05) is 18.0 Å². The predicted molar refractivity (Wildman–Crippen MR) is 89.8 cm³/mol. The van der Waals surface area contributed by atoms with Gasteiger partial charge in [0.2, 0.25) is 0 Å². The van der Waals surface area contributed by atoms with Crippen LogP contribution < -0.4 is 16.9 Å². The van der Waals surface area contributed by atoms with Crippen LogP contribution in [0.1, 0.15) is 0 Å². The molecule has 0 fully saturated rings. The number of H-pyrrole nitrogens is 4. The summed E-state index contributed by atoms with van der Waals surface area (Å²) < 4.78 is 0.298.